The molecule has 2 aromatic rings. The minimum Gasteiger partial charge on any atom is -0.489 e. The van der Waals surface area contributed by atoms with Gasteiger partial charge in [-0.05, 0) is 30.7 Å². The summed E-state index contributed by atoms with van der Waals surface area (Å²) in [5, 5.41) is 2.71. The van der Waals surface area contributed by atoms with Crippen molar-refractivity contribution in [2.75, 3.05) is 25.1 Å². The average Bonchev–Trinajstić information content (AvgIpc) is 2.59. The van der Waals surface area contributed by atoms with E-state index in [0.29, 0.717) is 31.3 Å². The zero-order valence-corrected chi connectivity index (χ0v) is 15.0. The van der Waals surface area contributed by atoms with Gasteiger partial charge in [0.15, 0.2) is 0 Å². The fraction of sp³-hybridized carbons (Fsp3) is 0.278. The van der Waals surface area contributed by atoms with E-state index in [-0.39, 0.29) is 6.61 Å². The summed E-state index contributed by atoms with van der Waals surface area (Å²) in [5.41, 5.74) is 1.47. The molecule has 0 unspecified atom stereocenters. The molecule has 2 aromatic carbocycles. The Labute approximate surface area is 150 Å². The molecule has 0 saturated carbocycles. The van der Waals surface area contributed by atoms with Gasteiger partial charge in [0.05, 0.1) is 12.3 Å². The Balaban J connectivity index is 1.91. The summed E-state index contributed by atoms with van der Waals surface area (Å²) in [4.78, 5) is 12.0. The van der Waals surface area contributed by atoms with Gasteiger partial charge in [0.2, 0.25) is 0 Å². The van der Waals surface area contributed by atoms with Crippen LogP contribution in [0, 0.1) is 0 Å². The number of anilines is 1. The summed E-state index contributed by atoms with van der Waals surface area (Å²) in [6.07, 6.45) is -0.536. The summed E-state index contributed by atoms with van der Waals surface area (Å²) in [6.45, 7) is 3.67. The highest BCUT2D eigenvalue weighted by Gasteiger charge is 2.10. The first-order valence-electron chi connectivity index (χ1n) is 7.67. The molecule has 0 aliphatic rings. The van der Waals surface area contributed by atoms with Crippen molar-refractivity contribution in [2.24, 2.45) is 0 Å². The number of carbonyl (C=O) groups excluding carboxylic acids is 1. The first kappa shape index (κ1) is 18.3. The van der Waals surface area contributed by atoms with Gasteiger partial charge in [0.1, 0.15) is 19.0 Å². The van der Waals surface area contributed by atoms with Crippen molar-refractivity contribution in [1.82, 2.24) is 0 Å². The molecular weight excluding hydrogens is 374 g/mol. The summed E-state index contributed by atoms with van der Waals surface area (Å²) in [5.74, 6) is 0.564. The zero-order chi connectivity index (χ0) is 17.2. The number of carbonyl (C=O) groups is 1. The van der Waals surface area contributed by atoms with Gasteiger partial charge in [0.25, 0.3) is 0 Å². The number of ether oxygens (including phenoxy) is 3. The van der Waals surface area contributed by atoms with Crippen LogP contribution in [0.15, 0.2) is 53.0 Å². The van der Waals surface area contributed by atoms with Gasteiger partial charge >= 0.3 is 6.09 Å². The monoisotopic (exact) mass is 393 g/mol. The predicted octanol–water partition coefficient (Wildman–Crippen LogP) is 4.61. The number of benzene rings is 2. The molecule has 1 amide bonds. The molecule has 0 spiro atoms. The lowest BCUT2D eigenvalue weighted by molar-refractivity contribution is 0.110. The Morgan fingerprint density at radius 3 is 2.67 bits per heavy atom. The second kappa shape index (κ2) is 9.95. The van der Waals surface area contributed by atoms with Crippen molar-refractivity contribution in [3.05, 3.63) is 58.6 Å². The quantitative estimate of drug-likeness (QED) is 0.665. The standard InChI is InChI=1S/C18H20BrNO4/c1-2-22-10-11-23-17-9-8-15(19)12-16(17)20-18(21)24-13-14-6-4-3-5-7-14/h3-9,12H,2,10-11,13H2,1H3,(H,20,21). The summed E-state index contributed by atoms with van der Waals surface area (Å²) < 4.78 is 16.9. The highest BCUT2D eigenvalue weighted by atomic mass is 79.9. The Hall–Kier alpha value is -2.05. The number of nitrogens with one attached hydrogen (secondary N) is 1. The molecule has 128 valence electrons. The van der Waals surface area contributed by atoms with E-state index in [1.165, 1.54) is 0 Å². The SMILES string of the molecule is CCOCCOc1ccc(Br)cc1NC(=O)OCc1ccccc1. The fourth-order valence-electron chi connectivity index (χ4n) is 1.95. The maximum absolute atomic E-state index is 12.0. The van der Waals surface area contributed by atoms with Crippen LogP contribution >= 0.6 is 15.9 Å². The number of hydrogen-bond donors (Lipinski definition) is 1. The second-order valence-corrected chi connectivity index (χ2v) is 5.79. The molecule has 0 bridgehead atoms. The molecule has 0 aliphatic heterocycles. The molecule has 2 rings (SSSR count). The Kier molecular flexibility index (Phi) is 7.58. The third kappa shape index (κ3) is 6.22. The molecule has 0 fully saturated rings. The van der Waals surface area contributed by atoms with Crippen molar-refractivity contribution in [1.29, 1.82) is 0 Å². The summed E-state index contributed by atoms with van der Waals surface area (Å²) in [6, 6.07) is 14.9. The molecule has 6 heteroatoms. The first-order chi connectivity index (χ1) is 11.7. The number of amides is 1. The molecule has 0 radical (unpaired) electrons. The third-order valence-corrected chi connectivity index (χ3v) is 3.57. The Morgan fingerprint density at radius 1 is 1.12 bits per heavy atom. The predicted molar refractivity (Wildman–Crippen MR) is 96.4 cm³/mol. The third-order valence-electron chi connectivity index (χ3n) is 3.08. The maximum Gasteiger partial charge on any atom is 0.412 e. The molecule has 0 aromatic heterocycles. The van der Waals surface area contributed by atoms with E-state index in [1.807, 2.05) is 43.3 Å². The van der Waals surface area contributed by atoms with Crippen LogP contribution in [0.25, 0.3) is 0 Å². The van der Waals surface area contributed by atoms with Crippen molar-refractivity contribution < 1.29 is 19.0 Å². The first-order valence-corrected chi connectivity index (χ1v) is 8.46. The van der Waals surface area contributed by atoms with Crippen molar-refractivity contribution in [3.8, 4) is 5.75 Å². The highest BCUT2D eigenvalue weighted by molar-refractivity contribution is 9.10. The van der Waals surface area contributed by atoms with E-state index >= 15 is 0 Å². The average molecular weight is 394 g/mol. The largest absolute Gasteiger partial charge is 0.489 e. The van der Waals surface area contributed by atoms with Crippen LogP contribution in [-0.2, 0) is 16.1 Å². The van der Waals surface area contributed by atoms with E-state index in [0.717, 1.165) is 10.0 Å². The van der Waals surface area contributed by atoms with Crippen LogP contribution in [-0.4, -0.2) is 25.9 Å². The van der Waals surface area contributed by atoms with E-state index in [2.05, 4.69) is 21.2 Å². The smallest absolute Gasteiger partial charge is 0.412 e. The van der Waals surface area contributed by atoms with Gasteiger partial charge < -0.3 is 14.2 Å². The molecule has 0 atom stereocenters. The van der Waals surface area contributed by atoms with Gasteiger partial charge in [-0.15, -0.1) is 0 Å². The van der Waals surface area contributed by atoms with Crippen molar-refractivity contribution in [3.63, 3.8) is 0 Å². The maximum atomic E-state index is 12.0. The van der Waals surface area contributed by atoms with E-state index in [1.54, 1.807) is 12.1 Å². The molecule has 0 heterocycles. The lowest BCUT2D eigenvalue weighted by atomic mass is 10.2. The minimum absolute atomic E-state index is 0.210. The normalized spacial score (nSPS) is 10.2. The second-order valence-electron chi connectivity index (χ2n) is 4.87. The van der Waals surface area contributed by atoms with E-state index < -0.39 is 6.09 Å². The van der Waals surface area contributed by atoms with Crippen molar-refractivity contribution >= 4 is 27.7 Å². The lowest BCUT2D eigenvalue weighted by Crippen LogP contribution is -2.15. The van der Waals surface area contributed by atoms with Gasteiger partial charge in [-0.1, -0.05) is 46.3 Å². The van der Waals surface area contributed by atoms with E-state index in [4.69, 9.17) is 14.2 Å². The number of halogens is 1. The van der Waals surface area contributed by atoms with Gasteiger partial charge in [-0.25, -0.2) is 4.79 Å². The fourth-order valence-corrected chi connectivity index (χ4v) is 2.31. The summed E-state index contributed by atoms with van der Waals surface area (Å²) >= 11 is 3.38. The van der Waals surface area contributed by atoms with Crippen LogP contribution in [0.1, 0.15) is 12.5 Å². The molecular formula is C18H20BrNO4. The number of rotatable bonds is 8. The number of hydrogen-bond acceptors (Lipinski definition) is 4. The van der Waals surface area contributed by atoms with Crippen LogP contribution < -0.4 is 10.1 Å². The van der Waals surface area contributed by atoms with Crippen LogP contribution in [0.5, 0.6) is 5.75 Å². The molecule has 24 heavy (non-hydrogen) atoms. The van der Waals surface area contributed by atoms with E-state index in [9.17, 15) is 4.79 Å². The Morgan fingerprint density at radius 2 is 1.92 bits per heavy atom. The minimum atomic E-state index is -0.536. The molecule has 1 N–H and O–H groups in total. The van der Waals surface area contributed by atoms with Gasteiger partial charge in [-0.3, -0.25) is 5.32 Å². The zero-order valence-electron chi connectivity index (χ0n) is 13.5. The topological polar surface area (TPSA) is 56.8 Å². The molecule has 0 saturated heterocycles. The van der Waals surface area contributed by atoms with Gasteiger partial charge in [0, 0.05) is 11.1 Å². The Bertz CT molecular complexity index is 649. The van der Waals surface area contributed by atoms with Crippen LogP contribution in [0.3, 0.4) is 0 Å². The van der Waals surface area contributed by atoms with Crippen LogP contribution in [0.4, 0.5) is 10.5 Å². The van der Waals surface area contributed by atoms with Gasteiger partial charge in [-0.2, -0.15) is 0 Å². The summed E-state index contributed by atoms with van der Waals surface area (Å²) in [7, 11) is 0. The molecule has 5 nitrogen and oxygen atoms in total. The molecule has 0 aliphatic carbocycles. The van der Waals surface area contributed by atoms with Crippen LogP contribution in [0.2, 0.25) is 0 Å². The van der Waals surface area contributed by atoms with Crippen molar-refractivity contribution in [2.45, 2.75) is 13.5 Å². The lowest BCUT2D eigenvalue weighted by Gasteiger charge is -2.13. The highest BCUT2D eigenvalue weighted by Crippen LogP contribution is 2.28.